The summed E-state index contributed by atoms with van der Waals surface area (Å²) in [6, 6.07) is 4.09. The molecule has 228 valence electrons. The van der Waals surface area contributed by atoms with Crippen molar-refractivity contribution in [2.45, 2.75) is 62.7 Å². The van der Waals surface area contributed by atoms with Gasteiger partial charge in [0.25, 0.3) is 0 Å². The summed E-state index contributed by atoms with van der Waals surface area (Å²) in [4.78, 5) is 73.0. The minimum Gasteiger partial charge on any atom is -0.480 e. The SMILES string of the molecule is NC(=O)CCC(NC(=O)C(CCCN=C(N)N)NC(=O)C(Cc1ccccc1)NC(=O)C(N)Cc1cnc[nH]1)C(=O)O. The molecule has 4 atom stereocenters. The maximum atomic E-state index is 13.5. The van der Waals surface area contributed by atoms with Crippen molar-refractivity contribution < 1.29 is 29.1 Å². The number of hydrogen-bond acceptors (Lipinski definition) is 8. The molecule has 0 aliphatic heterocycles. The van der Waals surface area contributed by atoms with Gasteiger partial charge in [-0.3, -0.25) is 24.2 Å². The summed E-state index contributed by atoms with van der Waals surface area (Å²) >= 11 is 0. The molecule has 4 unspecified atom stereocenters. The van der Waals surface area contributed by atoms with Crippen LogP contribution in [0, 0.1) is 0 Å². The van der Waals surface area contributed by atoms with Crippen LogP contribution in [0.25, 0.3) is 0 Å². The molecule has 0 saturated heterocycles. The molecule has 0 fully saturated rings. The number of rotatable bonds is 18. The molecule has 1 aromatic heterocycles. The number of carboxylic acids is 1. The molecular weight excluding hydrogens is 548 g/mol. The van der Waals surface area contributed by atoms with E-state index in [1.165, 1.54) is 12.5 Å². The summed E-state index contributed by atoms with van der Waals surface area (Å²) in [5, 5.41) is 17.1. The first-order chi connectivity index (χ1) is 20.0. The van der Waals surface area contributed by atoms with Crippen LogP contribution in [-0.2, 0) is 36.8 Å². The maximum Gasteiger partial charge on any atom is 0.326 e. The van der Waals surface area contributed by atoms with Gasteiger partial charge in [-0.15, -0.1) is 0 Å². The Morgan fingerprint density at radius 2 is 1.52 bits per heavy atom. The van der Waals surface area contributed by atoms with Crippen LogP contribution >= 0.6 is 0 Å². The van der Waals surface area contributed by atoms with Crippen molar-refractivity contribution >= 4 is 35.6 Å². The maximum absolute atomic E-state index is 13.5. The lowest BCUT2D eigenvalue weighted by Crippen LogP contribution is -2.57. The van der Waals surface area contributed by atoms with Gasteiger partial charge in [-0.05, 0) is 24.8 Å². The number of H-pyrrole nitrogens is 1. The van der Waals surface area contributed by atoms with Crippen LogP contribution in [0.5, 0.6) is 0 Å². The number of benzene rings is 1. The van der Waals surface area contributed by atoms with E-state index in [0.717, 1.165) is 5.56 Å². The van der Waals surface area contributed by atoms with Crippen molar-refractivity contribution in [1.82, 2.24) is 25.9 Å². The molecule has 2 aromatic rings. The summed E-state index contributed by atoms with van der Waals surface area (Å²) < 4.78 is 0. The number of hydrogen-bond donors (Lipinski definition) is 9. The number of primary amides is 1. The molecule has 2 rings (SSSR count). The molecule has 0 bridgehead atoms. The van der Waals surface area contributed by atoms with Crippen LogP contribution < -0.4 is 38.9 Å². The molecule has 0 radical (unpaired) electrons. The predicted molar refractivity (Wildman–Crippen MR) is 152 cm³/mol. The first-order valence-corrected chi connectivity index (χ1v) is 13.2. The van der Waals surface area contributed by atoms with Crippen molar-refractivity contribution in [3.63, 3.8) is 0 Å². The van der Waals surface area contributed by atoms with E-state index in [-0.39, 0.29) is 51.0 Å². The third-order valence-electron chi connectivity index (χ3n) is 6.12. The van der Waals surface area contributed by atoms with Crippen LogP contribution in [0.1, 0.15) is 36.9 Å². The van der Waals surface area contributed by atoms with Gasteiger partial charge in [0, 0.05) is 37.7 Å². The highest BCUT2D eigenvalue weighted by molar-refractivity contribution is 5.94. The summed E-state index contributed by atoms with van der Waals surface area (Å²) in [5.74, 6) is -4.39. The minimum atomic E-state index is -1.43. The average molecular weight is 587 g/mol. The van der Waals surface area contributed by atoms with E-state index in [0.29, 0.717) is 5.69 Å². The van der Waals surface area contributed by atoms with Gasteiger partial charge in [0.05, 0.1) is 12.4 Å². The standard InChI is InChI=1S/C26H38N10O6/c27-17(12-16-13-31-14-33-16)22(38)36-20(11-15-5-2-1-3-6-15)24(40)34-18(7-4-10-32-26(29)30)23(39)35-19(25(41)42)8-9-21(28)37/h1-3,5-6,13-14,17-20H,4,7-12,27H2,(H2,28,37)(H,31,33)(H,34,40)(H,35,39)(H,36,38)(H,41,42)(H4,29,30,32). The number of aliphatic imine (C=N–C) groups is 1. The molecule has 1 aromatic carbocycles. The van der Waals surface area contributed by atoms with Crippen molar-refractivity contribution in [3.05, 3.63) is 54.1 Å². The van der Waals surface area contributed by atoms with Gasteiger partial charge >= 0.3 is 5.97 Å². The molecular formula is C26H38N10O6. The third kappa shape index (κ3) is 12.0. The Morgan fingerprint density at radius 3 is 2.12 bits per heavy atom. The van der Waals surface area contributed by atoms with Crippen molar-refractivity contribution in [3.8, 4) is 0 Å². The summed E-state index contributed by atoms with van der Waals surface area (Å²) in [5.41, 5.74) is 23.2. The monoisotopic (exact) mass is 586 g/mol. The molecule has 42 heavy (non-hydrogen) atoms. The molecule has 0 spiro atoms. The topological polar surface area (TPSA) is 287 Å². The van der Waals surface area contributed by atoms with E-state index in [1.54, 1.807) is 30.3 Å². The van der Waals surface area contributed by atoms with E-state index in [4.69, 9.17) is 22.9 Å². The Labute approximate surface area is 242 Å². The lowest BCUT2D eigenvalue weighted by molar-refractivity contribution is -0.142. The molecule has 16 heteroatoms. The number of amides is 4. The van der Waals surface area contributed by atoms with Gasteiger partial charge in [0.2, 0.25) is 23.6 Å². The second kappa shape index (κ2) is 17.0. The number of carboxylic acid groups (broad SMARTS) is 1. The number of aromatic nitrogens is 2. The average Bonchev–Trinajstić information content (AvgIpc) is 3.45. The van der Waals surface area contributed by atoms with Gasteiger partial charge in [-0.25, -0.2) is 9.78 Å². The number of guanidine groups is 1. The normalized spacial score (nSPS) is 13.5. The van der Waals surface area contributed by atoms with Crippen molar-refractivity contribution in [2.24, 2.45) is 27.9 Å². The van der Waals surface area contributed by atoms with Gasteiger partial charge in [0.1, 0.15) is 18.1 Å². The number of nitrogens with one attached hydrogen (secondary N) is 4. The van der Waals surface area contributed by atoms with E-state index in [2.05, 4.69) is 30.9 Å². The van der Waals surface area contributed by atoms with Crippen molar-refractivity contribution in [2.75, 3.05) is 6.54 Å². The molecule has 4 amide bonds. The highest BCUT2D eigenvalue weighted by Crippen LogP contribution is 2.08. The highest BCUT2D eigenvalue weighted by atomic mass is 16.4. The number of aromatic amines is 1. The lowest BCUT2D eigenvalue weighted by atomic mass is 10.0. The Hall–Kier alpha value is -4.99. The summed E-state index contributed by atoms with van der Waals surface area (Å²) in [7, 11) is 0. The second-order valence-electron chi connectivity index (χ2n) is 9.55. The van der Waals surface area contributed by atoms with E-state index >= 15 is 0 Å². The van der Waals surface area contributed by atoms with E-state index in [9.17, 15) is 29.1 Å². The van der Waals surface area contributed by atoms with E-state index in [1.807, 2.05) is 0 Å². The van der Waals surface area contributed by atoms with Crippen LogP contribution in [0.3, 0.4) is 0 Å². The zero-order chi connectivity index (χ0) is 31.1. The summed E-state index contributed by atoms with van der Waals surface area (Å²) in [6.07, 6.45) is 2.96. The lowest BCUT2D eigenvalue weighted by Gasteiger charge is -2.25. The number of carbonyl (C=O) groups is 5. The first-order valence-electron chi connectivity index (χ1n) is 13.2. The fourth-order valence-corrected chi connectivity index (χ4v) is 3.92. The largest absolute Gasteiger partial charge is 0.480 e. The number of imidazole rings is 1. The predicted octanol–water partition coefficient (Wildman–Crippen LogP) is -2.62. The summed E-state index contributed by atoms with van der Waals surface area (Å²) in [6.45, 7) is 0.138. The third-order valence-corrected chi connectivity index (χ3v) is 6.12. The van der Waals surface area contributed by atoms with Gasteiger partial charge < -0.3 is 49.0 Å². The Morgan fingerprint density at radius 1 is 0.881 bits per heavy atom. The quantitative estimate of drug-likeness (QED) is 0.0498. The minimum absolute atomic E-state index is 0.0296. The highest BCUT2D eigenvalue weighted by Gasteiger charge is 2.30. The molecule has 1 heterocycles. The van der Waals surface area contributed by atoms with Gasteiger partial charge in [0.15, 0.2) is 5.96 Å². The number of carbonyl (C=O) groups excluding carboxylic acids is 4. The van der Waals surface area contributed by atoms with Crippen LogP contribution in [0.15, 0.2) is 47.8 Å². The number of nitrogens with two attached hydrogens (primary N) is 4. The molecule has 13 N–H and O–H groups in total. The zero-order valence-corrected chi connectivity index (χ0v) is 23.0. The fourth-order valence-electron chi connectivity index (χ4n) is 3.92. The van der Waals surface area contributed by atoms with Crippen LogP contribution in [0.4, 0.5) is 0 Å². The Bertz CT molecular complexity index is 1220. The molecule has 0 saturated carbocycles. The first kappa shape index (κ1) is 33.2. The van der Waals surface area contributed by atoms with Crippen LogP contribution in [0.2, 0.25) is 0 Å². The molecule has 0 aliphatic carbocycles. The fraction of sp³-hybridized carbons (Fsp3) is 0.423. The smallest absolute Gasteiger partial charge is 0.326 e. The Balaban J connectivity index is 2.23. The number of nitrogens with zero attached hydrogens (tertiary/aromatic N) is 2. The second-order valence-corrected chi connectivity index (χ2v) is 9.55. The Kier molecular flexibility index (Phi) is 13.4. The van der Waals surface area contributed by atoms with Crippen molar-refractivity contribution in [1.29, 1.82) is 0 Å². The molecule has 16 nitrogen and oxygen atoms in total. The molecule has 0 aliphatic rings. The van der Waals surface area contributed by atoms with Crippen LogP contribution in [-0.4, -0.2) is 81.3 Å². The number of aliphatic carboxylic acids is 1. The zero-order valence-electron chi connectivity index (χ0n) is 23.0. The van der Waals surface area contributed by atoms with Gasteiger partial charge in [-0.1, -0.05) is 30.3 Å². The van der Waals surface area contributed by atoms with Gasteiger partial charge in [-0.2, -0.15) is 0 Å². The van der Waals surface area contributed by atoms with E-state index < -0.39 is 53.8 Å².